The summed E-state index contributed by atoms with van der Waals surface area (Å²) in [6.07, 6.45) is 1.37. The molecule has 1 aromatic heterocycles. The number of alkyl halides is 1. The number of aromatic nitrogens is 1. The topological polar surface area (TPSA) is 56.0 Å². The molecule has 1 heterocycles. The molecule has 0 atom stereocenters. The van der Waals surface area contributed by atoms with Crippen LogP contribution in [0.4, 0.5) is 5.82 Å². The van der Waals surface area contributed by atoms with Crippen molar-refractivity contribution in [1.29, 1.82) is 0 Å². The fraction of sp³-hybridized carbons (Fsp3) is 0.125. The maximum absolute atomic E-state index is 10.4. The Morgan fingerprint density at radius 1 is 1.69 bits per heavy atom. The summed E-state index contributed by atoms with van der Waals surface area (Å²) < 4.78 is 0. The summed E-state index contributed by atoms with van der Waals surface area (Å²) >= 11 is 3.10. The van der Waals surface area contributed by atoms with Gasteiger partial charge in [0.15, 0.2) is 0 Å². The van der Waals surface area contributed by atoms with E-state index in [1.807, 2.05) is 0 Å². The molecule has 0 bridgehead atoms. The number of hydrogen-bond donors (Lipinski definition) is 0. The van der Waals surface area contributed by atoms with Gasteiger partial charge in [-0.05, 0) is 22.0 Å². The average Bonchev–Trinajstić information content (AvgIpc) is 2.15. The van der Waals surface area contributed by atoms with Crippen molar-refractivity contribution in [2.75, 3.05) is 5.33 Å². The molecular weight excluding hydrogens is 236 g/mol. The molecule has 0 aliphatic rings. The lowest BCUT2D eigenvalue weighted by atomic mass is 10.2. The Balaban J connectivity index is 3.12. The highest BCUT2D eigenvalue weighted by atomic mass is 79.9. The van der Waals surface area contributed by atoms with Gasteiger partial charge < -0.3 is 10.1 Å². The molecule has 0 saturated carbocycles. The standard InChI is InChI=1S/C8H5BrN2O2/c9-5-1-3-7-4-2-6-10-8(7)11(12)13/h2,4,6H,5H2. The third kappa shape index (κ3) is 2.53. The van der Waals surface area contributed by atoms with Crippen molar-refractivity contribution < 1.29 is 4.92 Å². The molecule has 5 heteroatoms. The van der Waals surface area contributed by atoms with Gasteiger partial charge in [-0.15, -0.1) is 0 Å². The van der Waals surface area contributed by atoms with Gasteiger partial charge in [-0.25, -0.2) is 0 Å². The first-order valence-electron chi connectivity index (χ1n) is 3.40. The SMILES string of the molecule is O=[N+]([O-])c1ncccc1C#CCBr. The van der Waals surface area contributed by atoms with Gasteiger partial charge in [0, 0.05) is 0 Å². The molecule has 66 valence electrons. The Labute approximate surface area is 83.3 Å². The third-order valence-electron chi connectivity index (χ3n) is 1.25. The summed E-state index contributed by atoms with van der Waals surface area (Å²) in [5.41, 5.74) is 0.340. The fourth-order valence-corrected chi connectivity index (χ4v) is 0.909. The van der Waals surface area contributed by atoms with E-state index in [0.29, 0.717) is 10.9 Å². The van der Waals surface area contributed by atoms with Crippen LogP contribution in [-0.2, 0) is 0 Å². The van der Waals surface area contributed by atoms with E-state index in [2.05, 4.69) is 32.8 Å². The van der Waals surface area contributed by atoms with Crippen molar-refractivity contribution in [2.24, 2.45) is 0 Å². The number of hydrogen-bond acceptors (Lipinski definition) is 3. The van der Waals surface area contributed by atoms with E-state index in [1.54, 1.807) is 12.1 Å². The lowest BCUT2D eigenvalue weighted by molar-refractivity contribution is -0.389. The highest BCUT2D eigenvalue weighted by Crippen LogP contribution is 2.11. The molecule has 0 unspecified atom stereocenters. The largest absolute Gasteiger partial charge is 0.379 e. The zero-order valence-electron chi connectivity index (χ0n) is 6.53. The number of pyridine rings is 1. The van der Waals surface area contributed by atoms with E-state index in [1.165, 1.54) is 6.20 Å². The predicted molar refractivity (Wildman–Crippen MR) is 51.6 cm³/mol. The van der Waals surface area contributed by atoms with Crippen LogP contribution in [0.5, 0.6) is 0 Å². The van der Waals surface area contributed by atoms with Crippen LogP contribution in [0.1, 0.15) is 5.56 Å². The minimum absolute atomic E-state index is 0.198. The van der Waals surface area contributed by atoms with E-state index < -0.39 is 4.92 Å². The van der Waals surface area contributed by atoms with E-state index in [-0.39, 0.29) is 5.82 Å². The molecule has 0 saturated heterocycles. The van der Waals surface area contributed by atoms with Crippen molar-refractivity contribution in [2.45, 2.75) is 0 Å². The molecule has 0 aliphatic carbocycles. The van der Waals surface area contributed by atoms with Gasteiger partial charge in [0.2, 0.25) is 0 Å². The van der Waals surface area contributed by atoms with Gasteiger partial charge in [-0.2, -0.15) is 0 Å². The lowest BCUT2D eigenvalue weighted by Crippen LogP contribution is -1.94. The van der Waals surface area contributed by atoms with Crippen molar-refractivity contribution in [3.05, 3.63) is 34.0 Å². The van der Waals surface area contributed by atoms with Crippen molar-refractivity contribution in [3.8, 4) is 11.8 Å². The molecule has 13 heavy (non-hydrogen) atoms. The Kier molecular flexibility index (Phi) is 3.41. The summed E-state index contributed by atoms with van der Waals surface area (Å²) in [7, 11) is 0. The van der Waals surface area contributed by atoms with Gasteiger partial charge in [-0.1, -0.05) is 27.8 Å². The summed E-state index contributed by atoms with van der Waals surface area (Å²) in [5.74, 6) is 5.13. The molecule has 4 nitrogen and oxygen atoms in total. The maximum atomic E-state index is 10.4. The lowest BCUT2D eigenvalue weighted by Gasteiger charge is -1.92. The van der Waals surface area contributed by atoms with Gasteiger partial charge in [0.25, 0.3) is 0 Å². The number of nitro groups is 1. The van der Waals surface area contributed by atoms with Crippen LogP contribution in [0.25, 0.3) is 0 Å². The van der Waals surface area contributed by atoms with Crippen LogP contribution in [0.2, 0.25) is 0 Å². The predicted octanol–water partition coefficient (Wildman–Crippen LogP) is 1.74. The number of nitrogens with zero attached hydrogens (tertiary/aromatic N) is 2. The zero-order chi connectivity index (χ0) is 9.68. The Hall–Kier alpha value is -1.41. The molecule has 0 amide bonds. The number of halogens is 1. The first-order chi connectivity index (χ1) is 6.25. The van der Waals surface area contributed by atoms with Crippen LogP contribution in [0.3, 0.4) is 0 Å². The van der Waals surface area contributed by atoms with Crippen molar-refractivity contribution in [3.63, 3.8) is 0 Å². The van der Waals surface area contributed by atoms with Crippen LogP contribution in [-0.4, -0.2) is 15.2 Å². The molecule has 0 aromatic carbocycles. The van der Waals surface area contributed by atoms with Gasteiger partial charge in [-0.3, -0.25) is 0 Å². The summed E-state index contributed by atoms with van der Waals surface area (Å²) in [6, 6.07) is 3.19. The number of rotatable bonds is 1. The highest BCUT2D eigenvalue weighted by Gasteiger charge is 2.10. The average molecular weight is 241 g/mol. The van der Waals surface area contributed by atoms with Gasteiger partial charge in [0.1, 0.15) is 11.8 Å². The molecule has 0 spiro atoms. The van der Waals surface area contributed by atoms with Gasteiger partial charge in [0.05, 0.1) is 5.33 Å². The van der Waals surface area contributed by atoms with Crippen LogP contribution in [0, 0.1) is 22.0 Å². The Morgan fingerprint density at radius 2 is 2.46 bits per heavy atom. The first-order valence-corrected chi connectivity index (χ1v) is 4.52. The van der Waals surface area contributed by atoms with Crippen LogP contribution < -0.4 is 0 Å². The smallest absolute Gasteiger partial charge is 0.358 e. The second-order valence-corrected chi connectivity index (χ2v) is 2.63. The molecule has 0 fully saturated rings. The summed E-state index contributed by atoms with van der Waals surface area (Å²) in [4.78, 5) is 13.5. The molecule has 1 aromatic rings. The van der Waals surface area contributed by atoms with Crippen molar-refractivity contribution >= 4 is 21.7 Å². The second-order valence-electron chi connectivity index (χ2n) is 2.07. The van der Waals surface area contributed by atoms with Gasteiger partial charge >= 0.3 is 5.82 Å². The van der Waals surface area contributed by atoms with E-state index >= 15 is 0 Å². The molecule has 1 rings (SSSR count). The quantitative estimate of drug-likeness (QED) is 0.325. The zero-order valence-corrected chi connectivity index (χ0v) is 8.11. The fourth-order valence-electron chi connectivity index (χ4n) is 0.769. The van der Waals surface area contributed by atoms with E-state index in [9.17, 15) is 10.1 Å². The molecular formula is C8H5BrN2O2. The summed E-state index contributed by atoms with van der Waals surface area (Å²) in [6.45, 7) is 0. The van der Waals surface area contributed by atoms with Crippen LogP contribution in [0.15, 0.2) is 18.3 Å². The van der Waals surface area contributed by atoms with Crippen LogP contribution >= 0.6 is 15.9 Å². The van der Waals surface area contributed by atoms with E-state index in [4.69, 9.17) is 0 Å². The Morgan fingerprint density at radius 3 is 3.08 bits per heavy atom. The molecule has 0 N–H and O–H groups in total. The minimum atomic E-state index is -0.543. The normalized spacial score (nSPS) is 8.69. The third-order valence-corrected chi connectivity index (χ3v) is 1.53. The monoisotopic (exact) mass is 240 g/mol. The summed E-state index contributed by atoms with van der Waals surface area (Å²) in [5, 5.41) is 10.9. The maximum Gasteiger partial charge on any atom is 0.379 e. The molecule has 0 aliphatic heterocycles. The molecule has 0 radical (unpaired) electrons. The first kappa shape index (κ1) is 9.68. The second kappa shape index (κ2) is 4.58. The minimum Gasteiger partial charge on any atom is -0.358 e. The van der Waals surface area contributed by atoms with E-state index in [0.717, 1.165) is 0 Å². The Bertz CT molecular complexity index is 381. The van der Waals surface area contributed by atoms with Crippen molar-refractivity contribution in [1.82, 2.24) is 4.98 Å². The highest BCUT2D eigenvalue weighted by molar-refractivity contribution is 9.09.